The lowest BCUT2D eigenvalue weighted by molar-refractivity contribution is -0.158. The zero-order valence-electron chi connectivity index (χ0n) is 28.7. The average molecular weight is 744 g/mol. The van der Waals surface area contributed by atoms with E-state index in [0.717, 1.165) is 70.8 Å². The Labute approximate surface area is 308 Å². The number of ether oxygens (including phenoxy) is 1. The monoisotopic (exact) mass is 743 g/mol. The predicted octanol–water partition coefficient (Wildman–Crippen LogP) is 3.63. The molecule has 4 atom stereocenters. The molecular formula is C38H50ClN3O8S. The number of aromatic nitrogens is 1. The Bertz CT molecular complexity index is 1580. The van der Waals surface area contributed by atoms with E-state index in [0.29, 0.717) is 43.5 Å². The molecule has 2 saturated carbocycles. The summed E-state index contributed by atoms with van der Waals surface area (Å²) in [6.07, 6.45) is 3.08. The molecule has 0 aliphatic heterocycles. The molecule has 1 amide bonds. The number of halogens is 1. The Morgan fingerprint density at radius 2 is 1.73 bits per heavy atom. The maximum absolute atomic E-state index is 13.0. The fourth-order valence-corrected chi connectivity index (χ4v) is 7.23. The van der Waals surface area contributed by atoms with E-state index in [-0.39, 0.29) is 18.7 Å². The number of nitrogens with zero attached hydrogens (tertiary/aromatic N) is 2. The van der Waals surface area contributed by atoms with Crippen molar-refractivity contribution in [2.75, 3.05) is 32.1 Å². The number of benzene rings is 2. The van der Waals surface area contributed by atoms with Gasteiger partial charge >= 0.3 is 0 Å². The van der Waals surface area contributed by atoms with Gasteiger partial charge in [0.1, 0.15) is 24.1 Å². The third-order valence-electron chi connectivity index (χ3n) is 9.46. The quantitative estimate of drug-likeness (QED) is 0.0591. The Kier molecular flexibility index (Phi) is 14.5. The van der Waals surface area contributed by atoms with Crippen LogP contribution >= 0.6 is 23.4 Å². The van der Waals surface area contributed by atoms with Crippen LogP contribution in [0, 0.1) is 0 Å². The van der Waals surface area contributed by atoms with Gasteiger partial charge in [-0.15, -0.1) is 11.8 Å². The fourth-order valence-electron chi connectivity index (χ4n) is 6.07. The summed E-state index contributed by atoms with van der Waals surface area (Å²) in [5, 5.41) is 62.9. The highest BCUT2D eigenvalue weighted by Crippen LogP contribution is 2.50. The number of thioether (sulfide) groups is 1. The van der Waals surface area contributed by atoms with E-state index in [2.05, 4.69) is 28.5 Å². The molecule has 2 aromatic carbocycles. The molecule has 0 spiro atoms. The first-order valence-electron chi connectivity index (χ1n) is 17.8. The van der Waals surface area contributed by atoms with Crippen LogP contribution in [0.3, 0.4) is 0 Å². The fraction of sp³-hybridized carbons (Fsp3) is 0.526. The zero-order chi connectivity index (χ0) is 36.4. The standard InChI is InChI=1S/C38H50ClN3O8S/c39-31-12-11-27(51-20-6-4-18-42(17-3-5-19-43)37(49)36(48)35(47)34(46)32(45)24-44)21-25(31)22-41-38(14-15-38)30-23-40-16-13-28(30)29-7-1-2-8-33(29)50-26-9-10-26/h1-2,7-8,11-13,16,21,23,26,32,34-36,41,43-48H,3-6,9-10,14-15,17-20,22,24H2. The first-order chi connectivity index (χ1) is 24.7. The van der Waals surface area contributed by atoms with Crippen molar-refractivity contribution in [2.45, 2.75) is 98.9 Å². The van der Waals surface area contributed by atoms with Gasteiger partial charge in [0.2, 0.25) is 0 Å². The van der Waals surface area contributed by atoms with Crippen LogP contribution in [-0.2, 0) is 16.9 Å². The molecule has 2 aliphatic rings. The number of amides is 1. The van der Waals surface area contributed by atoms with E-state index in [1.54, 1.807) is 11.8 Å². The van der Waals surface area contributed by atoms with Gasteiger partial charge in [-0.05, 0) is 104 Å². The molecule has 4 unspecified atom stereocenters. The van der Waals surface area contributed by atoms with Crippen LogP contribution in [-0.4, -0.2) is 109 Å². The van der Waals surface area contributed by atoms with Crippen molar-refractivity contribution in [1.29, 1.82) is 0 Å². The van der Waals surface area contributed by atoms with Crippen molar-refractivity contribution in [1.82, 2.24) is 15.2 Å². The maximum Gasteiger partial charge on any atom is 0.254 e. The van der Waals surface area contributed by atoms with Crippen LogP contribution in [0.5, 0.6) is 5.75 Å². The Morgan fingerprint density at radius 1 is 0.980 bits per heavy atom. The third-order valence-corrected chi connectivity index (χ3v) is 10.9. The van der Waals surface area contributed by atoms with Gasteiger partial charge in [-0.25, -0.2) is 0 Å². The number of para-hydroxylation sites is 1. The van der Waals surface area contributed by atoms with Crippen LogP contribution < -0.4 is 10.1 Å². The summed E-state index contributed by atoms with van der Waals surface area (Å²) in [5.74, 6) is 0.892. The Balaban J connectivity index is 1.15. The van der Waals surface area contributed by atoms with Gasteiger partial charge < -0.3 is 45.6 Å². The number of hydrogen-bond acceptors (Lipinski definition) is 11. The van der Waals surface area contributed by atoms with Gasteiger partial charge in [-0.1, -0.05) is 29.8 Å². The van der Waals surface area contributed by atoms with E-state index < -0.39 is 36.9 Å². The predicted molar refractivity (Wildman–Crippen MR) is 196 cm³/mol. The molecule has 278 valence electrons. The molecule has 1 aromatic heterocycles. The minimum absolute atomic E-state index is 0.0420. The van der Waals surface area contributed by atoms with Crippen LogP contribution in [0.1, 0.15) is 62.5 Å². The van der Waals surface area contributed by atoms with Gasteiger partial charge in [0, 0.05) is 59.7 Å². The number of carbonyl (C=O) groups excluding carboxylic acids is 1. The summed E-state index contributed by atoms with van der Waals surface area (Å²) in [4.78, 5) is 20.0. The minimum Gasteiger partial charge on any atom is -0.490 e. The molecule has 0 bridgehead atoms. The van der Waals surface area contributed by atoms with Gasteiger partial charge in [-0.3, -0.25) is 9.78 Å². The zero-order valence-corrected chi connectivity index (χ0v) is 30.3. The van der Waals surface area contributed by atoms with E-state index in [1.807, 2.05) is 42.7 Å². The number of nitrogens with one attached hydrogen (secondary N) is 1. The summed E-state index contributed by atoms with van der Waals surface area (Å²) in [5.41, 5.74) is 4.15. The number of rotatable bonds is 22. The number of unbranched alkanes of at least 4 members (excludes halogenated alkanes) is 2. The summed E-state index contributed by atoms with van der Waals surface area (Å²) >= 11 is 8.36. The first-order valence-corrected chi connectivity index (χ1v) is 19.1. The molecule has 3 aromatic rings. The molecule has 51 heavy (non-hydrogen) atoms. The van der Waals surface area contributed by atoms with E-state index in [9.17, 15) is 30.3 Å². The van der Waals surface area contributed by atoms with Crippen molar-refractivity contribution >= 4 is 29.3 Å². The molecule has 1 heterocycles. The number of carbonyl (C=O) groups is 1. The molecule has 2 fully saturated rings. The van der Waals surface area contributed by atoms with E-state index in [1.165, 1.54) is 4.90 Å². The van der Waals surface area contributed by atoms with Gasteiger partial charge in [-0.2, -0.15) is 0 Å². The highest BCUT2D eigenvalue weighted by molar-refractivity contribution is 7.99. The largest absolute Gasteiger partial charge is 0.490 e. The third kappa shape index (κ3) is 10.6. The SMILES string of the molecule is O=C(C(O)C(O)C(O)C(O)CO)N(CCCCO)CCCCSc1ccc(Cl)c(CNC2(c3cnccc3-c3ccccc3OC3CC3)CC2)c1. The molecule has 0 saturated heterocycles. The van der Waals surface area contributed by atoms with E-state index in [4.69, 9.17) is 21.4 Å². The lowest BCUT2D eigenvalue weighted by Gasteiger charge is -2.30. The Hall–Kier alpha value is -2.78. The smallest absolute Gasteiger partial charge is 0.254 e. The van der Waals surface area contributed by atoms with Crippen LogP contribution in [0.15, 0.2) is 65.8 Å². The highest BCUT2D eigenvalue weighted by atomic mass is 35.5. The number of hydrogen-bond donors (Lipinski definition) is 7. The van der Waals surface area contributed by atoms with Crippen molar-refractivity contribution in [3.05, 3.63) is 77.1 Å². The number of pyridine rings is 1. The van der Waals surface area contributed by atoms with Crippen LogP contribution in [0.4, 0.5) is 0 Å². The molecule has 13 heteroatoms. The molecule has 7 N–H and O–H groups in total. The second kappa shape index (κ2) is 18.8. The first kappa shape index (κ1) is 39.4. The topological polar surface area (TPSA) is 176 Å². The van der Waals surface area contributed by atoms with Crippen LogP contribution in [0.2, 0.25) is 5.02 Å². The maximum atomic E-state index is 13.0. The highest BCUT2D eigenvalue weighted by Gasteiger charge is 2.46. The van der Waals surface area contributed by atoms with Crippen molar-refractivity contribution < 1.29 is 40.2 Å². The minimum atomic E-state index is -1.97. The summed E-state index contributed by atoms with van der Waals surface area (Å²) < 4.78 is 6.25. The van der Waals surface area contributed by atoms with Gasteiger partial charge in [0.05, 0.1) is 12.7 Å². The molecule has 2 aliphatic carbocycles. The van der Waals surface area contributed by atoms with Crippen molar-refractivity contribution in [2.24, 2.45) is 0 Å². The van der Waals surface area contributed by atoms with E-state index >= 15 is 0 Å². The van der Waals surface area contributed by atoms with Crippen molar-refractivity contribution in [3.63, 3.8) is 0 Å². The van der Waals surface area contributed by atoms with Crippen molar-refractivity contribution in [3.8, 4) is 16.9 Å². The van der Waals surface area contributed by atoms with Crippen LogP contribution in [0.25, 0.3) is 11.1 Å². The Morgan fingerprint density at radius 3 is 2.43 bits per heavy atom. The second-order valence-corrected chi connectivity index (χ2v) is 15.0. The number of aliphatic hydroxyl groups is 6. The molecule has 11 nitrogen and oxygen atoms in total. The second-order valence-electron chi connectivity index (χ2n) is 13.4. The summed E-state index contributed by atoms with van der Waals surface area (Å²) in [6, 6.07) is 16.3. The number of aliphatic hydroxyl groups excluding tert-OH is 6. The summed E-state index contributed by atoms with van der Waals surface area (Å²) in [7, 11) is 0. The summed E-state index contributed by atoms with van der Waals surface area (Å²) in [6.45, 7) is 0.274. The molecular weight excluding hydrogens is 694 g/mol. The average Bonchev–Trinajstić information content (AvgIpc) is 4.10. The molecule has 5 rings (SSSR count). The lowest BCUT2D eigenvalue weighted by atomic mass is 9.94. The van der Waals surface area contributed by atoms with Gasteiger partial charge in [0.15, 0.2) is 6.10 Å². The lowest BCUT2D eigenvalue weighted by Crippen LogP contribution is -2.53. The normalized spacial score (nSPS) is 17.4. The molecule has 0 radical (unpaired) electrons. The van der Waals surface area contributed by atoms with Gasteiger partial charge in [0.25, 0.3) is 5.91 Å².